The first-order chi connectivity index (χ1) is 8.47. The topological polar surface area (TPSA) is 72.2 Å². The molecule has 0 fully saturated rings. The number of hydrogen-bond donors (Lipinski definition) is 1. The van der Waals surface area contributed by atoms with Crippen molar-refractivity contribution in [3.8, 4) is 0 Å². The highest BCUT2D eigenvalue weighted by Gasteiger charge is 2.23. The van der Waals surface area contributed by atoms with Gasteiger partial charge in [0.25, 0.3) is 5.91 Å². The van der Waals surface area contributed by atoms with E-state index in [1.165, 1.54) is 0 Å². The van der Waals surface area contributed by atoms with Crippen LogP contribution in [0.25, 0.3) is 0 Å². The summed E-state index contributed by atoms with van der Waals surface area (Å²) in [5.41, 5.74) is -1.70. The van der Waals surface area contributed by atoms with Crippen molar-refractivity contribution in [3.63, 3.8) is 0 Å². The Labute approximate surface area is 102 Å². The molecule has 1 aromatic rings. The lowest BCUT2D eigenvalue weighted by atomic mass is 10.1. The van der Waals surface area contributed by atoms with E-state index in [2.05, 4.69) is 5.32 Å². The molecule has 0 spiro atoms. The Balaban J connectivity index is 3.01. The predicted octanol–water partition coefficient (Wildman–Crippen LogP) is 2.40. The summed E-state index contributed by atoms with van der Waals surface area (Å²) in [5.74, 6) is -3.21. The lowest BCUT2D eigenvalue weighted by Crippen LogP contribution is -2.25. The summed E-state index contributed by atoms with van der Waals surface area (Å²) in [6.07, 6.45) is 1.51. The first kappa shape index (κ1) is 14.0. The summed E-state index contributed by atoms with van der Waals surface area (Å²) < 4.78 is 26.7. The van der Waals surface area contributed by atoms with Crippen molar-refractivity contribution >= 4 is 11.6 Å². The monoisotopic (exact) mass is 258 g/mol. The molecule has 1 aromatic carbocycles. The van der Waals surface area contributed by atoms with Gasteiger partial charge in [-0.25, -0.2) is 4.39 Å². The van der Waals surface area contributed by atoms with E-state index in [4.69, 9.17) is 0 Å². The van der Waals surface area contributed by atoms with Crippen LogP contribution in [0.4, 0.5) is 14.5 Å². The highest BCUT2D eigenvalue weighted by molar-refractivity contribution is 5.95. The molecular formula is C11H12F2N2O3. The largest absolute Gasteiger partial charge is 0.352 e. The minimum Gasteiger partial charge on any atom is -0.352 e. The van der Waals surface area contributed by atoms with Gasteiger partial charge in [0.05, 0.1) is 16.6 Å². The number of amides is 1. The molecule has 0 atom stereocenters. The number of nitro benzene ring substituents is 1. The van der Waals surface area contributed by atoms with Crippen LogP contribution in [-0.4, -0.2) is 17.4 Å². The number of unbranched alkanes of at least 4 members (excludes halogenated alkanes) is 1. The molecule has 98 valence electrons. The van der Waals surface area contributed by atoms with Gasteiger partial charge in [-0.2, -0.15) is 4.39 Å². The van der Waals surface area contributed by atoms with E-state index < -0.39 is 33.7 Å². The van der Waals surface area contributed by atoms with Crippen LogP contribution in [0, 0.1) is 21.7 Å². The summed E-state index contributed by atoms with van der Waals surface area (Å²) >= 11 is 0. The summed E-state index contributed by atoms with van der Waals surface area (Å²) in [6.45, 7) is 2.21. The molecule has 5 nitrogen and oxygen atoms in total. The standard InChI is InChI=1S/C11H12F2N2O3/c1-2-3-4-14-11(16)8-5-7(12)6-9(10(8)13)15(17)18/h5-6H,2-4H2,1H3,(H,14,16). The number of carbonyl (C=O) groups is 1. The second-order valence-electron chi connectivity index (χ2n) is 3.65. The van der Waals surface area contributed by atoms with Crippen LogP contribution in [0.1, 0.15) is 30.1 Å². The number of nitrogens with zero attached hydrogens (tertiary/aromatic N) is 1. The van der Waals surface area contributed by atoms with E-state index in [-0.39, 0.29) is 0 Å². The van der Waals surface area contributed by atoms with E-state index in [1.54, 1.807) is 0 Å². The molecule has 0 unspecified atom stereocenters. The first-order valence-corrected chi connectivity index (χ1v) is 5.39. The molecule has 1 rings (SSSR count). The summed E-state index contributed by atoms with van der Waals surface area (Å²) in [7, 11) is 0. The molecule has 0 aliphatic carbocycles. The maximum absolute atomic E-state index is 13.6. The van der Waals surface area contributed by atoms with Crippen molar-refractivity contribution in [2.75, 3.05) is 6.54 Å². The van der Waals surface area contributed by atoms with Crippen LogP contribution in [-0.2, 0) is 0 Å². The molecule has 0 aliphatic rings. The second kappa shape index (κ2) is 6.04. The van der Waals surface area contributed by atoms with E-state index in [9.17, 15) is 23.7 Å². The molecule has 1 amide bonds. The van der Waals surface area contributed by atoms with Gasteiger partial charge in [-0.1, -0.05) is 13.3 Å². The van der Waals surface area contributed by atoms with Crippen molar-refractivity contribution in [2.24, 2.45) is 0 Å². The Kier molecular flexibility index (Phi) is 4.70. The van der Waals surface area contributed by atoms with Crippen LogP contribution in [0.5, 0.6) is 0 Å². The minimum atomic E-state index is -1.32. The predicted molar refractivity (Wildman–Crippen MR) is 60.3 cm³/mol. The minimum absolute atomic E-state index is 0.305. The molecule has 0 saturated heterocycles. The number of halogens is 2. The van der Waals surface area contributed by atoms with Gasteiger partial charge in [-0.05, 0) is 12.5 Å². The van der Waals surface area contributed by atoms with Gasteiger partial charge in [0.1, 0.15) is 5.82 Å². The van der Waals surface area contributed by atoms with Crippen LogP contribution in [0.3, 0.4) is 0 Å². The van der Waals surface area contributed by atoms with Gasteiger partial charge in [0.2, 0.25) is 5.82 Å². The molecule has 1 N–H and O–H groups in total. The lowest BCUT2D eigenvalue weighted by Gasteiger charge is -2.05. The van der Waals surface area contributed by atoms with Crippen LogP contribution in [0.15, 0.2) is 12.1 Å². The number of hydrogen-bond acceptors (Lipinski definition) is 3. The highest BCUT2D eigenvalue weighted by Crippen LogP contribution is 2.22. The highest BCUT2D eigenvalue weighted by atomic mass is 19.1. The fraction of sp³-hybridized carbons (Fsp3) is 0.364. The summed E-state index contributed by atoms with van der Waals surface area (Å²) in [6, 6.07) is 1.09. The molecule has 0 saturated carbocycles. The Bertz CT molecular complexity index is 478. The lowest BCUT2D eigenvalue weighted by molar-refractivity contribution is -0.387. The normalized spacial score (nSPS) is 10.2. The molecule has 0 aliphatic heterocycles. The van der Waals surface area contributed by atoms with Crippen molar-refractivity contribution in [1.29, 1.82) is 0 Å². The van der Waals surface area contributed by atoms with Gasteiger partial charge in [0, 0.05) is 6.54 Å². The summed E-state index contributed by atoms with van der Waals surface area (Å²) in [5, 5.41) is 12.8. The van der Waals surface area contributed by atoms with Crippen molar-refractivity contribution < 1.29 is 18.5 Å². The third-order valence-corrected chi connectivity index (χ3v) is 2.28. The van der Waals surface area contributed by atoms with E-state index >= 15 is 0 Å². The van der Waals surface area contributed by atoms with E-state index in [0.717, 1.165) is 6.42 Å². The SMILES string of the molecule is CCCCNC(=O)c1cc(F)cc([N+](=O)[O-])c1F. The maximum Gasteiger partial charge on any atom is 0.308 e. The molecule has 0 radical (unpaired) electrons. The molecular weight excluding hydrogens is 246 g/mol. The third kappa shape index (κ3) is 3.22. The molecule has 18 heavy (non-hydrogen) atoms. The fourth-order valence-electron chi connectivity index (χ4n) is 1.35. The van der Waals surface area contributed by atoms with Crippen molar-refractivity contribution in [3.05, 3.63) is 39.4 Å². The van der Waals surface area contributed by atoms with Gasteiger partial charge in [0.15, 0.2) is 0 Å². The van der Waals surface area contributed by atoms with Crippen LogP contribution < -0.4 is 5.32 Å². The van der Waals surface area contributed by atoms with Crippen LogP contribution in [0.2, 0.25) is 0 Å². The zero-order valence-electron chi connectivity index (χ0n) is 9.70. The van der Waals surface area contributed by atoms with Gasteiger partial charge in [-0.15, -0.1) is 0 Å². The number of benzene rings is 1. The Hall–Kier alpha value is -2.05. The second-order valence-corrected chi connectivity index (χ2v) is 3.65. The number of nitro groups is 1. The molecule has 0 heterocycles. The van der Waals surface area contributed by atoms with Crippen LogP contribution >= 0.6 is 0 Å². The number of rotatable bonds is 5. The maximum atomic E-state index is 13.6. The summed E-state index contributed by atoms with van der Waals surface area (Å²) in [4.78, 5) is 20.9. The van der Waals surface area contributed by atoms with Crippen molar-refractivity contribution in [2.45, 2.75) is 19.8 Å². The van der Waals surface area contributed by atoms with E-state index in [1.807, 2.05) is 6.92 Å². The Morgan fingerprint density at radius 3 is 2.67 bits per heavy atom. The van der Waals surface area contributed by atoms with Gasteiger partial charge < -0.3 is 5.32 Å². The molecule has 0 aromatic heterocycles. The Morgan fingerprint density at radius 2 is 2.11 bits per heavy atom. The first-order valence-electron chi connectivity index (χ1n) is 5.39. The average Bonchev–Trinajstić information content (AvgIpc) is 2.31. The van der Waals surface area contributed by atoms with Gasteiger partial charge >= 0.3 is 5.69 Å². The third-order valence-electron chi connectivity index (χ3n) is 2.28. The molecule has 0 bridgehead atoms. The quantitative estimate of drug-likeness (QED) is 0.500. The molecule has 7 heteroatoms. The van der Waals surface area contributed by atoms with Crippen molar-refractivity contribution in [1.82, 2.24) is 5.32 Å². The zero-order chi connectivity index (χ0) is 13.7. The van der Waals surface area contributed by atoms with E-state index in [0.29, 0.717) is 25.1 Å². The Morgan fingerprint density at radius 1 is 1.44 bits per heavy atom. The fourth-order valence-corrected chi connectivity index (χ4v) is 1.35. The average molecular weight is 258 g/mol. The zero-order valence-corrected chi connectivity index (χ0v) is 9.70. The van der Waals surface area contributed by atoms with Gasteiger partial charge in [-0.3, -0.25) is 14.9 Å². The number of nitrogens with one attached hydrogen (secondary N) is 1. The number of carbonyl (C=O) groups excluding carboxylic acids is 1. The smallest absolute Gasteiger partial charge is 0.308 e.